The van der Waals surface area contributed by atoms with Gasteiger partial charge in [-0.1, -0.05) is 38.6 Å². The number of hydrogen-bond acceptors (Lipinski definition) is 4. The van der Waals surface area contributed by atoms with Crippen LogP contribution in [0.25, 0.3) is 11.0 Å². The minimum atomic E-state index is -0.846. The molecule has 0 aliphatic rings. The number of carbonyl (C=O) groups is 1. The predicted molar refractivity (Wildman–Crippen MR) is 84.1 cm³/mol. The molecule has 1 N–H and O–H groups in total. The van der Waals surface area contributed by atoms with E-state index in [0.29, 0.717) is 10.9 Å². The molecule has 0 bridgehead atoms. The highest BCUT2D eigenvalue weighted by molar-refractivity contribution is 7.99. The van der Waals surface area contributed by atoms with Crippen LogP contribution in [-0.4, -0.2) is 33.5 Å². The number of hydrogen-bond donors (Lipinski definition) is 1. The van der Waals surface area contributed by atoms with E-state index in [4.69, 9.17) is 9.84 Å². The van der Waals surface area contributed by atoms with Gasteiger partial charge in [0.25, 0.3) is 0 Å². The van der Waals surface area contributed by atoms with Gasteiger partial charge in [0, 0.05) is 6.54 Å². The molecule has 0 unspecified atom stereocenters. The van der Waals surface area contributed by atoms with E-state index in [-0.39, 0.29) is 11.2 Å². The Balaban J connectivity index is 2.53. The average Bonchev–Trinajstić information content (AvgIpc) is 2.72. The zero-order chi connectivity index (χ0) is 15.6. The second-order valence-electron chi connectivity index (χ2n) is 6.05. The van der Waals surface area contributed by atoms with Crippen LogP contribution < -0.4 is 4.74 Å². The number of fused-ring (bicyclic) bond motifs is 1. The molecule has 0 amide bonds. The van der Waals surface area contributed by atoms with E-state index < -0.39 is 5.97 Å². The van der Waals surface area contributed by atoms with Crippen molar-refractivity contribution in [2.24, 2.45) is 5.41 Å². The van der Waals surface area contributed by atoms with Gasteiger partial charge in [0.1, 0.15) is 11.3 Å². The van der Waals surface area contributed by atoms with Gasteiger partial charge < -0.3 is 14.4 Å². The van der Waals surface area contributed by atoms with Crippen molar-refractivity contribution >= 4 is 28.8 Å². The first-order chi connectivity index (χ1) is 9.81. The minimum absolute atomic E-state index is 0.00419. The van der Waals surface area contributed by atoms with E-state index in [1.807, 2.05) is 18.2 Å². The molecule has 2 aromatic rings. The van der Waals surface area contributed by atoms with Crippen molar-refractivity contribution in [1.82, 2.24) is 9.55 Å². The summed E-state index contributed by atoms with van der Waals surface area (Å²) >= 11 is 1.24. The Morgan fingerprint density at radius 2 is 2.14 bits per heavy atom. The summed E-state index contributed by atoms with van der Waals surface area (Å²) < 4.78 is 7.42. The smallest absolute Gasteiger partial charge is 0.313 e. The highest BCUT2D eigenvalue weighted by Crippen LogP contribution is 2.32. The molecule has 0 saturated heterocycles. The third kappa shape index (κ3) is 3.69. The lowest BCUT2D eigenvalue weighted by Gasteiger charge is -2.21. The fourth-order valence-electron chi connectivity index (χ4n) is 2.13. The monoisotopic (exact) mass is 308 g/mol. The second-order valence-corrected chi connectivity index (χ2v) is 6.99. The average molecular weight is 308 g/mol. The van der Waals surface area contributed by atoms with Crippen LogP contribution in [-0.2, 0) is 11.3 Å². The maximum atomic E-state index is 10.8. The number of benzene rings is 1. The van der Waals surface area contributed by atoms with E-state index in [1.165, 1.54) is 11.8 Å². The number of thioether (sulfide) groups is 1. The molecule has 5 nitrogen and oxygen atoms in total. The molecule has 1 heterocycles. The number of rotatable bonds is 5. The van der Waals surface area contributed by atoms with E-state index in [0.717, 1.165) is 17.6 Å². The van der Waals surface area contributed by atoms with Gasteiger partial charge >= 0.3 is 5.97 Å². The lowest BCUT2D eigenvalue weighted by atomic mass is 9.97. The molecule has 0 aliphatic heterocycles. The molecule has 1 aromatic carbocycles. The number of aromatic nitrogens is 2. The Labute approximate surface area is 128 Å². The van der Waals surface area contributed by atoms with Gasteiger partial charge in [0.05, 0.1) is 18.4 Å². The maximum absolute atomic E-state index is 10.8. The topological polar surface area (TPSA) is 64.3 Å². The molecule has 0 atom stereocenters. The summed E-state index contributed by atoms with van der Waals surface area (Å²) in [5.41, 5.74) is 1.81. The van der Waals surface area contributed by atoms with Crippen LogP contribution in [0, 0.1) is 5.41 Å². The van der Waals surface area contributed by atoms with Crippen molar-refractivity contribution in [2.45, 2.75) is 32.5 Å². The summed E-state index contributed by atoms with van der Waals surface area (Å²) in [4.78, 5) is 15.4. The number of carboxylic acid groups (broad SMARTS) is 1. The van der Waals surface area contributed by atoms with Crippen molar-refractivity contribution < 1.29 is 14.6 Å². The van der Waals surface area contributed by atoms with E-state index in [9.17, 15) is 4.79 Å². The first-order valence-electron chi connectivity index (χ1n) is 6.69. The van der Waals surface area contributed by atoms with Crippen molar-refractivity contribution in [3.63, 3.8) is 0 Å². The van der Waals surface area contributed by atoms with Crippen LogP contribution in [0.5, 0.6) is 5.75 Å². The van der Waals surface area contributed by atoms with Crippen molar-refractivity contribution in [3.8, 4) is 5.75 Å². The number of nitrogens with zero attached hydrogens (tertiary/aromatic N) is 2. The Bertz CT molecular complexity index is 659. The molecule has 114 valence electrons. The van der Waals surface area contributed by atoms with Crippen LogP contribution in [0.15, 0.2) is 23.4 Å². The van der Waals surface area contributed by atoms with Gasteiger partial charge in [0.2, 0.25) is 0 Å². The number of methoxy groups -OCH3 is 1. The second kappa shape index (κ2) is 5.97. The summed E-state index contributed by atoms with van der Waals surface area (Å²) in [7, 11) is 1.61. The highest BCUT2D eigenvalue weighted by Gasteiger charge is 2.20. The van der Waals surface area contributed by atoms with E-state index in [1.54, 1.807) is 7.11 Å². The van der Waals surface area contributed by atoms with Crippen molar-refractivity contribution in [2.75, 3.05) is 12.9 Å². The Hall–Kier alpha value is -1.69. The largest absolute Gasteiger partial charge is 0.494 e. The van der Waals surface area contributed by atoms with Crippen LogP contribution in [0.3, 0.4) is 0 Å². The molecular weight excluding hydrogens is 288 g/mol. The first-order valence-corrected chi connectivity index (χ1v) is 7.68. The molecular formula is C15H20N2O3S. The SMILES string of the molecule is COc1cccc2c1nc(SCC(=O)O)n2CC(C)(C)C. The maximum Gasteiger partial charge on any atom is 0.313 e. The molecule has 0 fully saturated rings. The lowest BCUT2D eigenvalue weighted by Crippen LogP contribution is -2.16. The van der Waals surface area contributed by atoms with E-state index in [2.05, 4.69) is 30.3 Å². The number of imidazole rings is 1. The standard InChI is InChI=1S/C15H20N2O3S/c1-15(2,3)9-17-10-6-5-7-11(20-4)13(10)16-14(17)21-8-12(18)19/h5-7H,8-9H2,1-4H3,(H,18,19). The summed E-state index contributed by atoms with van der Waals surface area (Å²) in [6.07, 6.45) is 0. The summed E-state index contributed by atoms with van der Waals surface area (Å²) in [6.45, 7) is 7.19. The minimum Gasteiger partial charge on any atom is -0.494 e. The normalized spacial score (nSPS) is 11.8. The molecule has 6 heteroatoms. The summed E-state index contributed by atoms with van der Waals surface area (Å²) in [5.74, 6) is -0.144. The first kappa shape index (κ1) is 15.7. The highest BCUT2D eigenvalue weighted by atomic mass is 32.2. The zero-order valence-electron chi connectivity index (χ0n) is 12.7. The molecule has 0 saturated carbocycles. The molecule has 0 spiro atoms. The molecule has 21 heavy (non-hydrogen) atoms. The Kier molecular flexibility index (Phi) is 4.46. The molecule has 2 rings (SSSR count). The van der Waals surface area contributed by atoms with Gasteiger partial charge in [-0.15, -0.1) is 0 Å². The van der Waals surface area contributed by atoms with Crippen LogP contribution in [0.4, 0.5) is 0 Å². The molecule has 0 radical (unpaired) electrons. The fraction of sp³-hybridized carbons (Fsp3) is 0.467. The third-order valence-electron chi connectivity index (χ3n) is 2.88. The van der Waals surface area contributed by atoms with Crippen molar-refractivity contribution in [1.29, 1.82) is 0 Å². The molecule has 1 aromatic heterocycles. The predicted octanol–water partition coefficient (Wildman–Crippen LogP) is 3.27. The quantitative estimate of drug-likeness (QED) is 0.859. The van der Waals surface area contributed by atoms with Crippen LogP contribution >= 0.6 is 11.8 Å². The fourth-order valence-corrected chi connectivity index (χ4v) is 2.86. The van der Waals surface area contributed by atoms with Crippen LogP contribution in [0.2, 0.25) is 0 Å². The van der Waals surface area contributed by atoms with Gasteiger partial charge in [-0.25, -0.2) is 4.98 Å². The Morgan fingerprint density at radius 3 is 2.71 bits per heavy atom. The van der Waals surface area contributed by atoms with Gasteiger partial charge in [-0.3, -0.25) is 4.79 Å². The molecule has 0 aliphatic carbocycles. The van der Waals surface area contributed by atoms with Crippen LogP contribution in [0.1, 0.15) is 20.8 Å². The third-order valence-corrected chi connectivity index (χ3v) is 3.85. The van der Waals surface area contributed by atoms with Gasteiger partial charge in [0.15, 0.2) is 5.16 Å². The number of carboxylic acids is 1. The zero-order valence-corrected chi connectivity index (χ0v) is 13.5. The number of aliphatic carboxylic acids is 1. The summed E-state index contributed by atoms with van der Waals surface area (Å²) in [5, 5.41) is 9.61. The van der Waals surface area contributed by atoms with Gasteiger partial charge in [-0.05, 0) is 17.5 Å². The Morgan fingerprint density at radius 1 is 1.43 bits per heavy atom. The van der Waals surface area contributed by atoms with Gasteiger partial charge in [-0.2, -0.15) is 0 Å². The number of ether oxygens (including phenoxy) is 1. The van der Waals surface area contributed by atoms with E-state index >= 15 is 0 Å². The van der Waals surface area contributed by atoms with Crippen molar-refractivity contribution in [3.05, 3.63) is 18.2 Å². The summed E-state index contributed by atoms with van der Waals surface area (Å²) in [6, 6.07) is 5.78. The number of para-hydroxylation sites is 1. The lowest BCUT2D eigenvalue weighted by molar-refractivity contribution is -0.133.